The van der Waals surface area contributed by atoms with Crippen LogP contribution < -0.4 is 9.47 Å². The molecule has 28 heavy (non-hydrogen) atoms. The molecule has 148 valence electrons. The molecule has 1 aliphatic heterocycles. The zero-order valence-electron chi connectivity index (χ0n) is 16.0. The Bertz CT molecular complexity index is 777. The molecular weight excluding hydrogens is 359 g/mol. The summed E-state index contributed by atoms with van der Waals surface area (Å²) in [6, 6.07) is 13.8. The van der Waals surface area contributed by atoms with Gasteiger partial charge in [0.05, 0.1) is 26.4 Å². The van der Waals surface area contributed by atoms with Crippen molar-refractivity contribution in [2.75, 3.05) is 20.3 Å². The van der Waals surface area contributed by atoms with Gasteiger partial charge in [-0.15, -0.1) is 0 Å². The van der Waals surface area contributed by atoms with E-state index < -0.39 is 0 Å². The third-order valence-electron chi connectivity index (χ3n) is 4.42. The van der Waals surface area contributed by atoms with Crippen LogP contribution in [0.5, 0.6) is 11.5 Å². The summed E-state index contributed by atoms with van der Waals surface area (Å²) < 4.78 is 35.2. The molecule has 0 amide bonds. The maximum atomic E-state index is 12.9. The molecule has 2 aromatic rings. The van der Waals surface area contributed by atoms with Gasteiger partial charge in [-0.3, -0.25) is 0 Å². The van der Waals surface area contributed by atoms with Crippen molar-refractivity contribution in [3.63, 3.8) is 0 Å². The Morgan fingerprint density at radius 3 is 2.54 bits per heavy atom. The van der Waals surface area contributed by atoms with Crippen LogP contribution in [0.2, 0.25) is 0 Å². The molecule has 1 fully saturated rings. The fourth-order valence-electron chi connectivity index (χ4n) is 2.88. The molecule has 0 aliphatic carbocycles. The van der Waals surface area contributed by atoms with E-state index >= 15 is 0 Å². The number of halogens is 1. The van der Waals surface area contributed by atoms with Crippen LogP contribution in [-0.2, 0) is 16.1 Å². The van der Waals surface area contributed by atoms with E-state index in [-0.39, 0.29) is 18.0 Å². The summed E-state index contributed by atoms with van der Waals surface area (Å²) in [5, 5.41) is 0. The smallest absolute Gasteiger partial charge is 0.123 e. The maximum absolute atomic E-state index is 12.9. The first kappa shape index (κ1) is 20.2. The van der Waals surface area contributed by atoms with Crippen LogP contribution in [0.3, 0.4) is 0 Å². The minimum atomic E-state index is -0.271. The number of benzene rings is 2. The molecule has 0 saturated carbocycles. The zero-order valence-corrected chi connectivity index (χ0v) is 16.0. The largest absolute Gasteiger partial charge is 0.497 e. The van der Waals surface area contributed by atoms with Crippen molar-refractivity contribution >= 4 is 0 Å². The van der Waals surface area contributed by atoms with Gasteiger partial charge in [-0.2, -0.15) is 0 Å². The molecule has 2 atom stereocenters. The van der Waals surface area contributed by atoms with Crippen molar-refractivity contribution < 1.29 is 23.3 Å². The van der Waals surface area contributed by atoms with Crippen LogP contribution in [-0.4, -0.2) is 32.5 Å². The van der Waals surface area contributed by atoms with Gasteiger partial charge in [0.2, 0.25) is 0 Å². The van der Waals surface area contributed by atoms with Gasteiger partial charge >= 0.3 is 0 Å². The van der Waals surface area contributed by atoms with E-state index in [0.29, 0.717) is 32.0 Å². The number of hydrogen-bond donors (Lipinski definition) is 0. The quantitative estimate of drug-likeness (QED) is 0.500. The monoisotopic (exact) mass is 384 g/mol. The minimum Gasteiger partial charge on any atom is -0.497 e. The van der Waals surface area contributed by atoms with Crippen molar-refractivity contribution in [2.45, 2.75) is 38.1 Å². The lowest BCUT2D eigenvalue weighted by molar-refractivity contribution is 0.0419. The van der Waals surface area contributed by atoms with Crippen LogP contribution >= 0.6 is 0 Å². The van der Waals surface area contributed by atoms with E-state index in [1.54, 1.807) is 19.2 Å². The third kappa shape index (κ3) is 6.56. The number of ether oxygens (including phenoxy) is 4. The minimum absolute atomic E-state index is 0.0238. The van der Waals surface area contributed by atoms with E-state index in [9.17, 15) is 4.39 Å². The first-order chi connectivity index (χ1) is 13.7. The van der Waals surface area contributed by atoms with Crippen molar-refractivity contribution in [3.05, 3.63) is 59.9 Å². The van der Waals surface area contributed by atoms with Crippen LogP contribution in [0.4, 0.5) is 4.39 Å². The van der Waals surface area contributed by atoms with Crippen LogP contribution in [0.25, 0.3) is 0 Å². The Kier molecular flexibility index (Phi) is 7.71. The number of rotatable bonds is 8. The molecule has 0 radical (unpaired) electrons. The number of hydrogen-bond acceptors (Lipinski definition) is 4. The van der Waals surface area contributed by atoms with Gasteiger partial charge in [-0.25, -0.2) is 4.39 Å². The average Bonchev–Trinajstić information content (AvgIpc) is 3.18. The summed E-state index contributed by atoms with van der Waals surface area (Å²) in [5.41, 5.74) is 1.11. The van der Waals surface area contributed by atoms with Gasteiger partial charge in [-0.1, -0.05) is 24.0 Å². The molecule has 2 unspecified atom stereocenters. The van der Waals surface area contributed by atoms with Crippen molar-refractivity contribution in [1.29, 1.82) is 0 Å². The van der Waals surface area contributed by atoms with Gasteiger partial charge in [0.1, 0.15) is 30.0 Å². The van der Waals surface area contributed by atoms with E-state index in [0.717, 1.165) is 24.2 Å². The molecule has 0 aromatic heterocycles. The fourth-order valence-corrected chi connectivity index (χ4v) is 2.88. The SMILES string of the molecule is COc1ccc(COCCC#CC2CCC(COc3ccc(F)cc3)O2)cc1. The van der Waals surface area contributed by atoms with Crippen LogP contribution in [0.1, 0.15) is 24.8 Å². The van der Waals surface area contributed by atoms with E-state index in [2.05, 4.69) is 11.8 Å². The maximum Gasteiger partial charge on any atom is 0.123 e. The molecule has 1 aliphatic rings. The molecule has 0 N–H and O–H groups in total. The molecule has 1 heterocycles. The summed E-state index contributed by atoms with van der Waals surface area (Å²) in [7, 11) is 1.65. The highest BCUT2D eigenvalue weighted by molar-refractivity contribution is 5.26. The Labute approximate surface area is 165 Å². The normalized spacial score (nSPS) is 18.4. The van der Waals surface area contributed by atoms with Gasteiger partial charge in [0.25, 0.3) is 0 Å². The lowest BCUT2D eigenvalue weighted by Crippen LogP contribution is -2.18. The summed E-state index contributed by atoms with van der Waals surface area (Å²) in [5.74, 6) is 7.50. The first-order valence-electron chi connectivity index (χ1n) is 9.46. The van der Waals surface area contributed by atoms with E-state index in [4.69, 9.17) is 18.9 Å². The zero-order chi connectivity index (χ0) is 19.6. The molecule has 3 rings (SSSR count). The Morgan fingerprint density at radius 1 is 1.04 bits per heavy atom. The predicted octanol–water partition coefficient (Wildman–Crippen LogP) is 4.37. The highest BCUT2D eigenvalue weighted by Crippen LogP contribution is 2.21. The van der Waals surface area contributed by atoms with Gasteiger partial charge in [0.15, 0.2) is 0 Å². The van der Waals surface area contributed by atoms with E-state index in [1.807, 2.05) is 24.3 Å². The standard InChI is InChI=1S/C23H25FO4/c1-25-20-9-5-18(6-10-20)16-26-15-3-2-4-22-13-14-23(28-22)17-27-21-11-7-19(24)8-12-21/h5-12,22-23H,3,13-17H2,1H3. The van der Waals surface area contributed by atoms with Crippen LogP contribution in [0, 0.1) is 17.7 Å². The van der Waals surface area contributed by atoms with Crippen molar-refractivity contribution in [3.8, 4) is 23.3 Å². The predicted molar refractivity (Wildman–Crippen MR) is 105 cm³/mol. The average molecular weight is 384 g/mol. The molecule has 4 nitrogen and oxygen atoms in total. The highest BCUT2D eigenvalue weighted by Gasteiger charge is 2.24. The molecular formula is C23H25FO4. The molecule has 1 saturated heterocycles. The lowest BCUT2D eigenvalue weighted by atomic mass is 10.2. The molecule has 5 heteroatoms. The Morgan fingerprint density at radius 2 is 1.79 bits per heavy atom. The number of methoxy groups -OCH3 is 1. The highest BCUT2D eigenvalue weighted by atomic mass is 19.1. The Hall–Kier alpha value is -2.55. The topological polar surface area (TPSA) is 36.9 Å². The second-order valence-electron chi connectivity index (χ2n) is 6.56. The first-order valence-corrected chi connectivity index (χ1v) is 9.46. The van der Waals surface area contributed by atoms with Crippen LogP contribution in [0.15, 0.2) is 48.5 Å². The van der Waals surface area contributed by atoms with Gasteiger partial charge < -0.3 is 18.9 Å². The fraction of sp³-hybridized carbons (Fsp3) is 0.391. The van der Waals surface area contributed by atoms with Gasteiger partial charge in [-0.05, 0) is 54.8 Å². The van der Waals surface area contributed by atoms with Crippen molar-refractivity contribution in [2.24, 2.45) is 0 Å². The lowest BCUT2D eigenvalue weighted by Gasteiger charge is -2.12. The summed E-state index contributed by atoms with van der Waals surface area (Å²) in [6.07, 6.45) is 2.46. The second kappa shape index (κ2) is 10.7. The molecule has 0 spiro atoms. The Balaban J connectivity index is 1.29. The summed E-state index contributed by atoms with van der Waals surface area (Å²) in [4.78, 5) is 0. The third-order valence-corrected chi connectivity index (χ3v) is 4.42. The van der Waals surface area contributed by atoms with Crippen molar-refractivity contribution in [1.82, 2.24) is 0 Å². The molecule has 2 aromatic carbocycles. The van der Waals surface area contributed by atoms with E-state index in [1.165, 1.54) is 12.1 Å². The summed E-state index contributed by atoms with van der Waals surface area (Å²) >= 11 is 0. The van der Waals surface area contributed by atoms with Gasteiger partial charge in [0, 0.05) is 6.42 Å². The molecule has 0 bridgehead atoms. The second-order valence-corrected chi connectivity index (χ2v) is 6.56. The summed E-state index contributed by atoms with van der Waals surface area (Å²) in [6.45, 7) is 1.60.